The standard InChI is InChI=1S/C16H19ClN4O/c17-13-2-1-3-14(10-13)21-8-6-20(7-9-21)11-15-18-16(19-22-15)12-4-5-12/h1-3,10,12H,4-9,11H2. The van der Waals surface area contributed by atoms with Crippen molar-refractivity contribution in [2.45, 2.75) is 25.3 Å². The monoisotopic (exact) mass is 318 g/mol. The second kappa shape index (κ2) is 5.89. The molecule has 0 amide bonds. The first-order chi connectivity index (χ1) is 10.8. The summed E-state index contributed by atoms with van der Waals surface area (Å²) in [5.74, 6) is 2.20. The Kier molecular flexibility index (Phi) is 3.76. The van der Waals surface area contributed by atoms with Crippen LogP contribution < -0.4 is 4.90 Å². The number of piperazine rings is 1. The number of rotatable bonds is 4. The molecule has 1 aliphatic heterocycles. The van der Waals surface area contributed by atoms with E-state index in [9.17, 15) is 0 Å². The summed E-state index contributed by atoms with van der Waals surface area (Å²) in [6.07, 6.45) is 2.41. The molecule has 0 spiro atoms. The number of aromatic nitrogens is 2. The average Bonchev–Trinajstić information content (AvgIpc) is 3.28. The van der Waals surface area contributed by atoms with Gasteiger partial charge in [-0.15, -0.1) is 0 Å². The van der Waals surface area contributed by atoms with E-state index in [0.29, 0.717) is 5.92 Å². The van der Waals surface area contributed by atoms with Crippen molar-refractivity contribution in [3.8, 4) is 0 Å². The highest BCUT2D eigenvalue weighted by Gasteiger charge is 2.29. The summed E-state index contributed by atoms with van der Waals surface area (Å²) in [6.45, 7) is 4.72. The Morgan fingerprint density at radius 2 is 2.00 bits per heavy atom. The molecule has 0 radical (unpaired) electrons. The van der Waals surface area contributed by atoms with E-state index in [1.54, 1.807) is 0 Å². The predicted molar refractivity (Wildman–Crippen MR) is 85.2 cm³/mol. The van der Waals surface area contributed by atoms with Gasteiger partial charge in [0.05, 0.1) is 6.54 Å². The molecule has 116 valence electrons. The van der Waals surface area contributed by atoms with Gasteiger partial charge in [0, 0.05) is 42.8 Å². The average molecular weight is 319 g/mol. The molecule has 0 unspecified atom stereocenters. The first-order valence-electron chi connectivity index (χ1n) is 7.83. The van der Waals surface area contributed by atoms with Gasteiger partial charge in [-0.2, -0.15) is 4.98 Å². The van der Waals surface area contributed by atoms with E-state index in [4.69, 9.17) is 16.1 Å². The fourth-order valence-corrected chi connectivity index (χ4v) is 3.05. The van der Waals surface area contributed by atoms with Crippen LogP contribution in [-0.4, -0.2) is 41.2 Å². The third kappa shape index (κ3) is 3.10. The SMILES string of the molecule is Clc1cccc(N2CCN(Cc3nc(C4CC4)no3)CC2)c1. The zero-order chi connectivity index (χ0) is 14.9. The van der Waals surface area contributed by atoms with Crippen LogP contribution in [0.25, 0.3) is 0 Å². The van der Waals surface area contributed by atoms with Crippen molar-refractivity contribution in [1.29, 1.82) is 0 Å². The van der Waals surface area contributed by atoms with Crippen LogP contribution in [0.5, 0.6) is 0 Å². The van der Waals surface area contributed by atoms with Crippen molar-refractivity contribution in [1.82, 2.24) is 15.0 Å². The summed E-state index contributed by atoms with van der Waals surface area (Å²) in [5, 5.41) is 4.87. The van der Waals surface area contributed by atoms with Crippen LogP contribution in [0, 0.1) is 0 Å². The number of hydrogen-bond donors (Lipinski definition) is 0. The topological polar surface area (TPSA) is 45.4 Å². The van der Waals surface area contributed by atoms with E-state index in [1.165, 1.54) is 18.5 Å². The lowest BCUT2D eigenvalue weighted by molar-refractivity contribution is 0.215. The Hall–Kier alpha value is -1.59. The molecule has 22 heavy (non-hydrogen) atoms. The summed E-state index contributed by atoms with van der Waals surface area (Å²) < 4.78 is 5.36. The molecule has 2 heterocycles. The third-order valence-electron chi connectivity index (χ3n) is 4.33. The number of anilines is 1. The van der Waals surface area contributed by atoms with Crippen LogP contribution in [0.2, 0.25) is 5.02 Å². The molecule has 2 fully saturated rings. The van der Waals surface area contributed by atoms with E-state index in [1.807, 2.05) is 18.2 Å². The Morgan fingerprint density at radius 3 is 2.73 bits per heavy atom. The van der Waals surface area contributed by atoms with Crippen molar-refractivity contribution in [2.75, 3.05) is 31.1 Å². The molecule has 1 saturated heterocycles. The zero-order valence-corrected chi connectivity index (χ0v) is 13.2. The van der Waals surface area contributed by atoms with E-state index in [-0.39, 0.29) is 0 Å². The number of benzene rings is 1. The maximum Gasteiger partial charge on any atom is 0.240 e. The van der Waals surface area contributed by atoms with Crippen LogP contribution in [0.15, 0.2) is 28.8 Å². The second-order valence-electron chi connectivity index (χ2n) is 6.06. The number of hydrogen-bond acceptors (Lipinski definition) is 5. The molecule has 5 nitrogen and oxygen atoms in total. The first kappa shape index (κ1) is 14.0. The van der Waals surface area contributed by atoms with Crippen LogP contribution in [0.1, 0.15) is 30.5 Å². The quantitative estimate of drug-likeness (QED) is 0.867. The number of halogens is 1. The summed E-state index contributed by atoms with van der Waals surface area (Å²) in [7, 11) is 0. The maximum atomic E-state index is 6.07. The minimum absolute atomic E-state index is 0.553. The molecular weight excluding hydrogens is 300 g/mol. The van der Waals surface area contributed by atoms with Gasteiger partial charge in [0.25, 0.3) is 0 Å². The molecule has 1 aromatic heterocycles. The van der Waals surface area contributed by atoms with Gasteiger partial charge < -0.3 is 9.42 Å². The molecule has 2 aliphatic rings. The Morgan fingerprint density at radius 1 is 1.18 bits per heavy atom. The van der Waals surface area contributed by atoms with Crippen molar-refractivity contribution < 1.29 is 4.52 Å². The molecule has 0 N–H and O–H groups in total. The van der Waals surface area contributed by atoms with Gasteiger partial charge in [-0.25, -0.2) is 0 Å². The molecule has 0 atom stereocenters. The Labute approximate surface area is 134 Å². The van der Waals surface area contributed by atoms with Crippen LogP contribution in [-0.2, 0) is 6.54 Å². The molecule has 1 saturated carbocycles. The van der Waals surface area contributed by atoms with Gasteiger partial charge >= 0.3 is 0 Å². The molecule has 2 aromatic rings. The molecule has 4 rings (SSSR count). The fraction of sp³-hybridized carbons (Fsp3) is 0.500. The maximum absolute atomic E-state index is 6.07. The van der Waals surface area contributed by atoms with E-state index >= 15 is 0 Å². The Balaban J connectivity index is 1.33. The van der Waals surface area contributed by atoms with Crippen LogP contribution in [0.4, 0.5) is 5.69 Å². The largest absolute Gasteiger partial charge is 0.369 e. The lowest BCUT2D eigenvalue weighted by Crippen LogP contribution is -2.46. The highest BCUT2D eigenvalue weighted by atomic mass is 35.5. The van der Waals surface area contributed by atoms with E-state index < -0.39 is 0 Å². The van der Waals surface area contributed by atoms with E-state index in [2.05, 4.69) is 26.0 Å². The van der Waals surface area contributed by atoms with Crippen molar-refractivity contribution >= 4 is 17.3 Å². The Bertz CT molecular complexity index is 647. The summed E-state index contributed by atoms with van der Waals surface area (Å²) in [6, 6.07) is 8.05. The van der Waals surface area contributed by atoms with Gasteiger partial charge in [-0.1, -0.05) is 22.8 Å². The highest BCUT2D eigenvalue weighted by molar-refractivity contribution is 6.30. The zero-order valence-electron chi connectivity index (χ0n) is 12.4. The van der Waals surface area contributed by atoms with Gasteiger partial charge in [0.1, 0.15) is 0 Å². The molecule has 0 bridgehead atoms. The van der Waals surface area contributed by atoms with Crippen molar-refractivity contribution in [3.05, 3.63) is 41.0 Å². The van der Waals surface area contributed by atoms with Crippen LogP contribution >= 0.6 is 11.6 Å². The van der Waals surface area contributed by atoms with Gasteiger partial charge in [-0.05, 0) is 31.0 Å². The third-order valence-corrected chi connectivity index (χ3v) is 4.57. The van der Waals surface area contributed by atoms with Gasteiger partial charge in [-0.3, -0.25) is 4.90 Å². The molecule has 1 aliphatic carbocycles. The van der Waals surface area contributed by atoms with E-state index in [0.717, 1.165) is 49.5 Å². The first-order valence-corrected chi connectivity index (χ1v) is 8.21. The van der Waals surface area contributed by atoms with Crippen LogP contribution in [0.3, 0.4) is 0 Å². The van der Waals surface area contributed by atoms with Gasteiger partial charge in [0.2, 0.25) is 5.89 Å². The molecular formula is C16H19ClN4O. The summed E-state index contributed by atoms with van der Waals surface area (Å²) in [5.41, 5.74) is 1.20. The highest BCUT2D eigenvalue weighted by Crippen LogP contribution is 2.38. The minimum atomic E-state index is 0.553. The summed E-state index contributed by atoms with van der Waals surface area (Å²) >= 11 is 6.07. The molecule has 6 heteroatoms. The predicted octanol–water partition coefficient (Wildman–Crippen LogP) is 2.92. The normalized spacial score (nSPS) is 19.6. The number of nitrogens with zero attached hydrogens (tertiary/aromatic N) is 4. The van der Waals surface area contributed by atoms with Crippen molar-refractivity contribution in [2.24, 2.45) is 0 Å². The van der Waals surface area contributed by atoms with Gasteiger partial charge in [0.15, 0.2) is 5.82 Å². The lowest BCUT2D eigenvalue weighted by atomic mass is 10.2. The molecule has 1 aromatic carbocycles. The lowest BCUT2D eigenvalue weighted by Gasteiger charge is -2.35. The fourth-order valence-electron chi connectivity index (χ4n) is 2.87. The smallest absolute Gasteiger partial charge is 0.240 e. The summed E-state index contributed by atoms with van der Waals surface area (Å²) in [4.78, 5) is 9.24. The van der Waals surface area contributed by atoms with Crippen molar-refractivity contribution in [3.63, 3.8) is 0 Å². The second-order valence-corrected chi connectivity index (χ2v) is 6.50. The minimum Gasteiger partial charge on any atom is -0.369 e.